The van der Waals surface area contributed by atoms with Crippen molar-refractivity contribution >= 4 is 17.4 Å². The molecule has 24 heavy (non-hydrogen) atoms. The second-order valence-electron chi connectivity index (χ2n) is 5.67. The van der Waals surface area contributed by atoms with Crippen LogP contribution in [0.5, 0.6) is 5.75 Å². The molecule has 0 aromatic heterocycles. The van der Waals surface area contributed by atoms with Crippen LogP contribution in [-0.4, -0.2) is 43.7 Å². The monoisotopic (exact) mass is 325 g/mol. The van der Waals surface area contributed by atoms with Gasteiger partial charge in [0.15, 0.2) is 0 Å². The Labute approximate surface area is 142 Å². The average Bonchev–Trinajstić information content (AvgIpc) is 2.64. The number of nitrogens with zero attached hydrogens (tertiary/aromatic N) is 2. The van der Waals surface area contributed by atoms with Crippen molar-refractivity contribution in [3.63, 3.8) is 0 Å². The number of hydrogen-bond donors (Lipinski definition) is 1. The Hall–Kier alpha value is -2.69. The summed E-state index contributed by atoms with van der Waals surface area (Å²) in [6.07, 6.45) is 0. The summed E-state index contributed by atoms with van der Waals surface area (Å²) in [7, 11) is 0. The van der Waals surface area contributed by atoms with Crippen LogP contribution in [-0.2, 0) is 0 Å². The van der Waals surface area contributed by atoms with Gasteiger partial charge in [0.1, 0.15) is 5.75 Å². The molecule has 2 aromatic rings. The van der Waals surface area contributed by atoms with Crippen LogP contribution in [0.4, 0.5) is 16.2 Å². The van der Waals surface area contributed by atoms with Crippen molar-refractivity contribution in [2.24, 2.45) is 0 Å². The molecule has 126 valence electrons. The summed E-state index contributed by atoms with van der Waals surface area (Å²) in [6.45, 7) is 5.59. The Kier molecular flexibility index (Phi) is 5.21. The van der Waals surface area contributed by atoms with Crippen molar-refractivity contribution in [1.29, 1.82) is 0 Å². The number of ether oxygens (including phenoxy) is 1. The highest BCUT2D eigenvalue weighted by Gasteiger charge is 2.21. The zero-order valence-corrected chi connectivity index (χ0v) is 13.9. The summed E-state index contributed by atoms with van der Waals surface area (Å²) in [4.78, 5) is 16.7. The molecule has 0 saturated carbocycles. The average molecular weight is 325 g/mol. The summed E-state index contributed by atoms with van der Waals surface area (Å²) in [5.74, 6) is 0.705. The van der Waals surface area contributed by atoms with Gasteiger partial charge in [0.05, 0.1) is 12.3 Å². The Bertz CT molecular complexity index is 667. The molecule has 5 nitrogen and oxygen atoms in total. The Morgan fingerprint density at radius 2 is 1.67 bits per heavy atom. The molecular weight excluding hydrogens is 302 g/mol. The van der Waals surface area contributed by atoms with Gasteiger partial charge in [-0.25, -0.2) is 4.79 Å². The number of urea groups is 1. The number of hydrogen-bond acceptors (Lipinski definition) is 3. The van der Waals surface area contributed by atoms with Crippen LogP contribution in [0.2, 0.25) is 0 Å². The molecule has 5 heteroatoms. The molecule has 2 amide bonds. The van der Waals surface area contributed by atoms with Crippen LogP contribution < -0.4 is 15.0 Å². The van der Waals surface area contributed by atoms with Crippen molar-refractivity contribution < 1.29 is 9.53 Å². The molecule has 1 aliphatic rings. The number of anilines is 2. The first-order valence-corrected chi connectivity index (χ1v) is 8.35. The van der Waals surface area contributed by atoms with E-state index in [0.29, 0.717) is 25.4 Å². The summed E-state index contributed by atoms with van der Waals surface area (Å²) in [5.41, 5.74) is 1.93. The molecule has 1 N–H and O–H groups in total. The van der Waals surface area contributed by atoms with E-state index in [-0.39, 0.29) is 6.03 Å². The number of amides is 2. The highest BCUT2D eigenvalue weighted by atomic mass is 16.5. The Morgan fingerprint density at radius 3 is 2.38 bits per heavy atom. The summed E-state index contributed by atoms with van der Waals surface area (Å²) >= 11 is 0. The Morgan fingerprint density at radius 1 is 1.00 bits per heavy atom. The third-order valence-electron chi connectivity index (χ3n) is 4.12. The minimum absolute atomic E-state index is 0.0742. The molecule has 1 aliphatic heterocycles. The van der Waals surface area contributed by atoms with Crippen LogP contribution in [0.15, 0.2) is 54.6 Å². The molecule has 1 fully saturated rings. The fourth-order valence-corrected chi connectivity index (χ4v) is 2.85. The summed E-state index contributed by atoms with van der Waals surface area (Å²) in [5, 5.41) is 2.96. The topological polar surface area (TPSA) is 44.8 Å². The van der Waals surface area contributed by atoms with Crippen LogP contribution >= 0.6 is 0 Å². The van der Waals surface area contributed by atoms with Gasteiger partial charge in [-0.3, -0.25) is 0 Å². The largest absolute Gasteiger partial charge is 0.492 e. The highest BCUT2D eigenvalue weighted by molar-refractivity contribution is 5.91. The van der Waals surface area contributed by atoms with Gasteiger partial charge in [0, 0.05) is 31.9 Å². The van der Waals surface area contributed by atoms with Crippen LogP contribution in [0.1, 0.15) is 6.92 Å². The van der Waals surface area contributed by atoms with E-state index < -0.39 is 0 Å². The Balaban J connectivity index is 1.58. The van der Waals surface area contributed by atoms with E-state index >= 15 is 0 Å². The number of para-hydroxylation sites is 3. The van der Waals surface area contributed by atoms with Gasteiger partial charge >= 0.3 is 6.03 Å². The molecule has 0 atom stereocenters. The zero-order chi connectivity index (χ0) is 16.8. The standard InChI is InChI=1S/C19H23N3O2/c1-2-24-18-11-7-6-10-17(18)20-19(23)22-14-12-21(13-15-22)16-8-4-3-5-9-16/h3-11H,2,12-15H2,1H3,(H,20,23). The normalized spacial score (nSPS) is 14.4. The van der Waals surface area contributed by atoms with Crippen molar-refractivity contribution in [1.82, 2.24) is 4.90 Å². The molecule has 1 saturated heterocycles. The molecule has 0 unspecified atom stereocenters. The van der Waals surface area contributed by atoms with E-state index in [2.05, 4.69) is 22.3 Å². The maximum Gasteiger partial charge on any atom is 0.322 e. The van der Waals surface area contributed by atoms with E-state index in [9.17, 15) is 4.79 Å². The van der Waals surface area contributed by atoms with Gasteiger partial charge in [-0.1, -0.05) is 30.3 Å². The number of nitrogens with one attached hydrogen (secondary N) is 1. The maximum atomic E-state index is 12.5. The van der Waals surface area contributed by atoms with E-state index in [1.807, 2.05) is 54.3 Å². The van der Waals surface area contributed by atoms with Gasteiger partial charge in [0.2, 0.25) is 0 Å². The number of rotatable bonds is 4. The molecular formula is C19H23N3O2. The second-order valence-corrected chi connectivity index (χ2v) is 5.67. The number of benzene rings is 2. The van der Waals surface area contributed by atoms with Crippen molar-refractivity contribution in [3.8, 4) is 5.75 Å². The van der Waals surface area contributed by atoms with Gasteiger partial charge in [-0.15, -0.1) is 0 Å². The third kappa shape index (κ3) is 3.79. The molecule has 0 aliphatic carbocycles. The minimum atomic E-state index is -0.0742. The van der Waals surface area contributed by atoms with E-state index in [1.54, 1.807) is 0 Å². The van der Waals surface area contributed by atoms with Gasteiger partial charge in [-0.2, -0.15) is 0 Å². The lowest BCUT2D eigenvalue weighted by Gasteiger charge is -2.36. The number of carbonyl (C=O) groups is 1. The zero-order valence-electron chi connectivity index (χ0n) is 13.9. The van der Waals surface area contributed by atoms with Gasteiger partial charge in [0.25, 0.3) is 0 Å². The van der Waals surface area contributed by atoms with Crippen LogP contribution in [0.25, 0.3) is 0 Å². The summed E-state index contributed by atoms with van der Waals surface area (Å²) < 4.78 is 5.56. The van der Waals surface area contributed by atoms with Crippen molar-refractivity contribution in [2.45, 2.75) is 6.92 Å². The summed E-state index contributed by atoms with van der Waals surface area (Å²) in [6, 6.07) is 17.8. The molecule has 2 aromatic carbocycles. The van der Waals surface area contributed by atoms with Gasteiger partial charge in [-0.05, 0) is 31.2 Å². The lowest BCUT2D eigenvalue weighted by molar-refractivity contribution is 0.208. The predicted molar refractivity (Wildman–Crippen MR) is 96.9 cm³/mol. The second kappa shape index (κ2) is 7.73. The molecule has 0 radical (unpaired) electrons. The lowest BCUT2D eigenvalue weighted by Crippen LogP contribution is -2.50. The SMILES string of the molecule is CCOc1ccccc1NC(=O)N1CCN(c2ccccc2)CC1. The lowest BCUT2D eigenvalue weighted by atomic mass is 10.2. The smallest absolute Gasteiger partial charge is 0.322 e. The van der Waals surface area contributed by atoms with Crippen molar-refractivity contribution in [2.75, 3.05) is 43.0 Å². The number of carbonyl (C=O) groups excluding carboxylic acids is 1. The first-order chi connectivity index (χ1) is 11.8. The molecule has 0 bridgehead atoms. The van der Waals surface area contributed by atoms with E-state index in [4.69, 9.17) is 4.74 Å². The molecule has 1 heterocycles. The van der Waals surface area contributed by atoms with Crippen LogP contribution in [0, 0.1) is 0 Å². The first-order valence-electron chi connectivity index (χ1n) is 8.35. The fourth-order valence-electron chi connectivity index (χ4n) is 2.85. The third-order valence-corrected chi connectivity index (χ3v) is 4.12. The predicted octanol–water partition coefficient (Wildman–Crippen LogP) is 3.44. The first kappa shape index (κ1) is 16.2. The molecule has 0 spiro atoms. The van der Waals surface area contributed by atoms with Gasteiger partial charge < -0.3 is 19.9 Å². The maximum absolute atomic E-state index is 12.5. The highest BCUT2D eigenvalue weighted by Crippen LogP contribution is 2.24. The molecule has 3 rings (SSSR count). The van der Waals surface area contributed by atoms with E-state index in [0.717, 1.165) is 18.8 Å². The fraction of sp³-hybridized carbons (Fsp3) is 0.316. The quantitative estimate of drug-likeness (QED) is 0.936. The number of piperazine rings is 1. The van der Waals surface area contributed by atoms with E-state index in [1.165, 1.54) is 5.69 Å². The van der Waals surface area contributed by atoms with Crippen LogP contribution in [0.3, 0.4) is 0 Å². The van der Waals surface area contributed by atoms with Crippen molar-refractivity contribution in [3.05, 3.63) is 54.6 Å². The minimum Gasteiger partial charge on any atom is -0.492 e.